The van der Waals surface area contributed by atoms with Crippen LogP contribution in [0.25, 0.3) is 0 Å². The summed E-state index contributed by atoms with van der Waals surface area (Å²) in [6.45, 7) is 6.77. The summed E-state index contributed by atoms with van der Waals surface area (Å²) in [5.74, 6) is 1.79. The number of likely N-dealkylation sites (tertiary alicyclic amines) is 1. The van der Waals surface area contributed by atoms with Gasteiger partial charge in [0.05, 0.1) is 33.0 Å². The first-order chi connectivity index (χ1) is 12.5. The van der Waals surface area contributed by atoms with Crippen molar-refractivity contribution >= 4 is 5.91 Å². The number of benzene rings is 1. The molecular formula is C20H30N2O4. The third kappa shape index (κ3) is 4.13. The van der Waals surface area contributed by atoms with Crippen molar-refractivity contribution in [2.45, 2.75) is 44.9 Å². The molecule has 6 heteroatoms. The van der Waals surface area contributed by atoms with Crippen LogP contribution in [-0.2, 0) is 9.53 Å². The van der Waals surface area contributed by atoms with Crippen molar-refractivity contribution in [3.63, 3.8) is 0 Å². The van der Waals surface area contributed by atoms with Crippen LogP contribution >= 0.6 is 0 Å². The Kier molecular flexibility index (Phi) is 6.04. The molecule has 2 aliphatic heterocycles. The van der Waals surface area contributed by atoms with E-state index in [4.69, 9.17) is 14.2 Å². The maximum absolute atomic E-state index is 12.9. The molecule has 0 bridgehead atoms. The fraction of sp³-hybridized carbons (Fsp3) is 0.650. The minimum absolute atomic E-state index is 0.0961. The molecule has 1 aromatic rings. The molecule has 3 rings (SSSR count). The first kappa shape index (κ1) is 19.0. The molecule has 3 atom stereocenters. The molecule has 26 heavy (non-hydrogen) atoms. The lowest BCUT2D eigenvalue weighted by Crippen LogP contribution is -2.51. The first-order valence-corrected chi connectivity index (χ1v) is 9.41. The van der Waals surface area contributed by atoms with Crippen molar-refractivity contribution in [1.82, 2.24) is 9.80 Å². The normalized spacial score (nSPS) is 26.8. The summed E-state index contributed by atoms with van der Waals surface area (Å²) in [6.07, 6.45) is 2.31. The molecule has 2 fully saturated rings. The summed E-state index contributed by atoms with van der Waals surface area (Å²) < 4.78 is 16.6. The lowest BCUT2D eigenvalue weighted by molar-refractivity contribution is -0.144. The van der Waals surface area contributed by atoms with Crippen LogP contribution < -0.4 is 9.47 Å². The highest BCUT2D eigenvalue weighted by molar-refractivity contribution is 5.78. The Morgan fingerprint density at radius 3 is 2.58 bits per heavy atom. The van der Waals surface area contributed by atoms with Gasteiger partial charge in [0.25, 0.3) is 0 Å². The van der Waals surface area contributed by atoms with E-state index in [1.54, 1.807) is 14.2 Å². The minimum atomic E-state index is 0.0961. The number of carbonyl (C=O) groups is 1. The highest BCUT2D eigenvalue weighted by Crippen LogP contribution is 2.38. The molecule has 2 saturated heterocycles. The second-order valence-corrected chi connectivity index (χ2v) is 7.29. The summed E-state index contributed by atoms with van der Waals surface area (Å²) >= 11 is 0. The topological polar surface area (TPSA) is 51.2 Å². The van der Waals surface area contributed by atoms with E-state index in [-0.39, 0.29) is 24.2 Å². The van der Waals surface area contributed by atoms with Gasteiger partial charge in [-0.05, 0) is 39.3 Å². The quantitative estimate of drug-likeness (QED) is 0.805. The zero-order valence-corrected chi connectivity index (χ0v) is 16.2. The number of nitrogens with zero attached hydrogens (tertiary/aromatic N) is 2. The zero-order chi connectivity index (χ0) is 18.7. The lowest BCUT2D eigenvalue weighted by Gasteiger charge is -2.36. The molecule has 0 aliphatic carbocycles. The van der Waals surface area contributed by atoms with Gasteiger partial charge < -0.3 is 19.1 Å². The maximum Gasteiger partial charge on any atom is 0.236 e. The molecule has 2 aliphatic rings. The SMILES string of the molecule is COc1ccc(C2CCCN2CC(=O)N2CC(C)OC(C)C2)c(OC)c1. The van der Waals surface area contributed by atoms with Crippen molar-refractivity contribution in [3.8, 4) is 11.5 Å². The predicted molar refractivity (Wildman–Crippen MR) is 99.7 cm³/mol. The average molecular weight is 362 g/mol. The van der Waals surface area contributed by atoms with Crippen LogP contribution in [0.5, 0.6) is 11.5 Å². The van der Waals surface area contributed by atoms with E-state index in [1.807, 2.05) is 30.9 Å². The third-order valence-corrected chi connectivity index (χ3v) is 5.27. The van der Waals surface area contributed by atoms with Gasteiger partial charge in [0.15, 0.2) is 0 Å². The monoisotopic (exact) mass is 362 g/mol. The summed E-state index contributed by atoms with van der Waals surface area (Å²) in [5.41, 5.74) is 1.13. The number of methoxy groups -OCH3 is 2. The molecule has 0 saturated carbocycles. The number of morpholine rings is 1. The molecule has 1 amide bonds. The van der Waals surface area contributed by atoms with Gasteiger partial charge in [0.1, 0.15) is 11.5 Å². The number of hydrogen-bond acceptors (Lipinski definition) is 5. The zero-order valence-electron chi connectivity index (χ0n) is 16.2. The Bertz CT molecular complexity index is 626. The first-order valence-electron chi connectivity index (χ1n) is 9.41. The molecule has 1 aromatic carbocycles. The fourth-order valence-corrected chi connectivity index (χ4v) is 4.12. The largest absolute Gasteiger partial charge is 0.497 e. The number of hydrogen-bond donors (Lipinski definition) is 0. The summed E-state index contributed by atoms with van der Waals surface area (Å²) in [5, 5.41) is 0. The molecular weight excluding hydrogens is 332 g/mol. The van der Waals surface area contributed by atoms with E-state index in [2.05, 4.69) is 11.0 Å². The van der Waals surface area contributed by atoms with Crippen molar-refractivity contribution < 1.29 is 19.0 Å². The smallest absolute Gasteiger partial charge is 0.236 e. The van der Waals surface area contributed by atoms with Crippen LogP contribution in [0.15, 0.2) is 18.2 Å². The molecule has 0 aromatic heterocycles. The average Bonchev–Trinajstić information content (AvgIpc) is 3.08. The van der Waals surface area contributed by atoms with Crippen LogP contribution in [0.3, 0.4) is 0 Å². The van der Waals surface area contributed by atoms with Crippen molar-refractivity contribution in [1.29, 1.82) is 0 Å². The van der Waals surface area contributed by atoms with Gasteiger partial charge in [-0.3, -0.25) is 9.69 Å². The summed E-state index contributed by atoms with van der Waals surface area (Å²) in [6, 6.07) is 6.14. The van der Waals surface area contributed by atoms with Gasteiger partial charge in [-0.15, -0.1) is 0 Å². The molecule has 0 radical (unpaired) electrons. The molecule has 2 heterocycles. The van der Waals surface area contributed by atoms with Crippen LogP contribution in [0.2, 0.25) is 0 Å². The standard InChI is InChI=1S/C20H30N2O4/c1-14-11-22(12-15(2)26-14)20(23)13-21-9-5-6-18(21)17-8-7-16(24-3)10-19(17)25-4/h7-8,10,14-15,18H,5-6,9,11-13H2,1-4H3. The van der Waals surface area contributed by atoms with Crippen LogP contribution in [0.1, 0.15) is 38.3 Å². The number of carbonyl (C=O) groups excluding carboxylic acids is 1. The Hall–Kier alpha value is -1.79. The molecule has 0 N–H and O–H groups in total. The van der Waals surface area contributed by atoms with Gasteiger partial charge >= 0.3 is 0 Å². The number of amides is 1. The van der Waals surface area contributed by atoms with Crippen molar-refractivity contribution in [3.05, 3.63) is 23.8 Å². The summed E-state index contributed by atoms with van der Waals surface area (Å²) in [4.78, 5) is 17.1. The second-order valence-electron chi connectivity index (χ2n) is 7.29. The van der Waals surface area contributed by atoms with Gasteiger partial charge in [-0.1, -0.05) is 6.07 Å². The fourth-order valence-electron chi connectivity index (χ4n) is 4.12. The number of rotatable bonds is 5. The Morgan fingerprint density at radius 2 is 1.92 bits per heavy atom. The van der Waals surface area contributed by atoms with Crippen LogP contribution in [-0.4, -0.2) is 68.3 Å². The van der Waals surface area contributed by atoms with Gasteiger partial charge in [0, 0.05) is 30.8 Å². The Morgan fingerprint density at radius 1 is 1.19 bits per heavy atom. The van der Waals surface area contributed by atoms with E-state index >= 15 is 0 Å². The molecule has 6 nitrogen and oxygen atoms in total. The molecule has 3 unspecified atom stereocenters. The van der Waals surface area contributed by atoms with E-state index in [0.717, 1.165) is 36.4 Å². The van der Waals surface area contributed by atoms with Crippen LogP contribution in [0, 0.1) is 0 Å². The van der Waals surface area contributed by atoms with Gasteiger partial charge in [-0.2, -0.15) is 0 Å². The van der Waals surface area contributed by atoms with Crippen molar-refractivity contribution in [2.24, 2.45) is 0 Å². The second kappa shape index (κ2) is 8.27. The highest BCUT2D eigenvalue weighted by atomic mass is 16.5. The molecule has 144 valence electrons. The van der Waals surface area contributed by atoms with Crippen molar-refractivity contribution in [2.75, 3.05) is 40.4 Å². The lowest BCUT2D eigenvalue weighted by atomic mass is 10.0. The molecule has 0 spiro atoms. The van der Waals surface area contributed by atoms with E-state index in [1.165, 1.54) is 0 Å². The maximum atomic E-state index is 12.9. The van der Waals surface area contributed by atoms with E-state index in [0.29, 0.717) is 19.6 Å². The Labute approximate surface area is 156 Å². The van der Waals surface area contributed by atoms with Gasteiger partial charge in [-0.25, -0.2) is 0 Å². The summed E-state index contributed by atoms with van der Waals surface area (Å²) in [7, 11) is 3.33. The van der Waals surface area contributed by atoms with Gasteiger partial charge in [0.2, 0.25) is 5.91 Å². The third-order valence-electron chi connectivity index (χ3n) is 5.27. The predicted octanol–water partition coefficient (Wildman–Crippen LogP) is 2.48. The number of ether oxygens (including phenoxy) is 3. The van der Waals surface area contributed by atoms with E-state index in [9.17, 15) is 4.79 Å². The Balaban J connectivity index is 1.71. The highest BCUT2D eigenvalue weighted by Gasteiger charge is 2.33. The van der Waals surface area contributed by atoms with Crippen LogP contribution in [0.4, 0.5) is 0 Å². The minimum Gasteiger partial charge on any atom is -0.497 e. The van der Waals surface area contributed by atoms with E-state index < -0.39 is 0 Å².